The molecule has 0 unspecified atom stereocenters. The molecule has 0 aromatic heterocycles. The Labute approximate surface area is 187 Å². The Kier molecular flexibility index (Phi) is 7.89. The molecule has 6 nitrogen and oxygen atoms in total. The number of anilines is 1. The van der Waals surface area contributed by atoms with Gasteiger partial charge in [0.05, 0.1) is 17.1 Å². The van der Waals surface area contributed by atoms with Gasteiger partial charge in [0.1, 0.15) is 11.6 Å². The van der Waals surface area contributed by atoms with E-state index in [4.69, 9.17) is 4.74 Å². The van der Waals surface area contributed by atoms with Gasteiger partial charge < -0.3 is 10.1 Å². The van der Waals surface area contributed by atoms with Crippen LogP contribution in [0, 0.1) is 5.82 Å². The van der Waals surface area contributed by atoms with E-state index in [0.717, 1.165) is 5.56 Å². The first kappa shape index (κ1) is 22.2. The average Bonchev–Trinajstić information content (AvgIpc) is 2.75. The fourth-order valence-electron chi connectivity index (χ4n) is 2.58. The number of halogens is 2. The lowest BCUT2D eigenvalue weighted by Gasteiger charge is -2.09. The molecule has 0 radical (unpaired) electrons. The zero-order chi connectivity index (χ0) is 22.1. The summed E-state index contributed by atoms with van der Waals surface area (Å²) in [6.07, 6.45) is 1.58. The third-order valence-corrected chi connectivity index (χ3v) is 4.67. The van der Waals surface area contributed by atoms with E-state index in [1.807, 2.05) is 18.2 Å². The van der Waals surface area contributed by atoms with Crippen LogP contribution in [0.5, 0.6) is 5.75 Å². The Bertz CT molecular complexity index is 1070. The lowest BCUT2D eigenvalue weighted by molar-refractivity contribution is -0.120. The number of hydrogen-bond donors (Lipinski definition) is 2. The molecule has 3 aromatic carbocycles. The van der Waals surface area contributed by atoms with Gasteiger partial charge in [0, 0.05) is 5.69 Å². The van der Waals surface area contributed by atoms with Crippen molar-refractivity contribution in [3.05, 3.63) is 94.2 Å². The minimum Gasteiger partial charge on any atom is -0.483 e. The third-order valence-electron chi connectivity index (χ3n) is 4.05. The summed E-state index contributed by atoms with van der Waals surface area (Å²) in [5.41, 5.74) is 4.53. The Morgan fingerprint density at radius 3 is 2.45 bits per heavy atom. The van der Waals surface area contributed by atoms with E-state index < -0.39 is 0 Å². The smallest absolute Gasteiger partial charge is 0.262 e. The summed E-state index contributed by atoms with van der Waals surface area (Å²) in [5.74, 6) is -0.434. The number of nitrogens with zero attached hydrogens (tertiary/aromatic N) is 1. The maximum absolute atomic E-state index is 12.9. The van der Waals surface area contributed by atoms with Gasteiger partial charge >= 0.3 is 0 Å². The molecular formula is C23H19BrFN3O3. The quantitative estimate of drug-likeness (QED) is 0.370. The van der Waals surface area contributed by atoms with Crippen molar-refractivity contribution in [2.24, 2.45) is 5.10 Å². The highest BCUT2D eigenvalue weighted by Crippen LogP contribution is 2.25. The number of benzene rings is 3. The van der Waals surface area contributed by atoms with E-state index >= 15 is 0 Å². The van der Waals surface area contributed by atoms with Gasteiger partial charge in [-0.15, -0.1) is 0 Å². The van der Waals surface area contributed by atoms with Crippen LogP contribution in [-0.2, 0) is 16.0 Å². The number of hydrogen-bond acceptors (Lipinski definition) is 4. The van der Waals surface area contributed by atoms with Gasteiger partial charge in [-0.1, -0.05) is 30.3 Å². The van der Waals surface area contributed by atoms with Crippen molar-refractivity contribution in [1.29, 1.82) is 0 Å². The van der Waals surface area contributed by atoms with Crippen molar-refractivity contribution in [1.82, 2.24) is 5.43 Å². The first-order chi connectivity index (χ1) is 15.0. The summed E-state index contributed by atoms with van der Waals surface area (Å²) in [6, 6.07) is 20.0. The van der Waals surface area contributed by atoms with Crippen LogP contribution >= 0.6 is 15.9 Å². The number of hydrazone groups is 1. The molecule has 0 saturated heterocycles. The Morgan fingerprint density at radius 1 is 1.00 bits per heavy atom. The summed E-state index contributed by atoms with van der Waals surface area (Å²) in [5, 5.41) is 6.67. The molecule has 0 aliphatic carbocycles. The van der Waals surface area contributed by atoms with Gasteiger partial charge in [0.2, 0.25) is 5.91 Å². The second kappa shape index (κ2) is 11.0. The first-order valence-electron chi connectivity index (χ1n) is 9.33. The fraction of sp³-hybridized carbons (Fsp3) is 0.0870. The van der Waals surface area contributed by atoms with Gasteiger partial charge in [-0.05, 0) is 69.5 Å². The summed E-state index contributed by atoms with van der Waals surface area (Å²) in [4.78, 5) is 23.9. The number of amides is 2. The second-order valence-electron chi connectivity index (χ2n) is 6.49. The minimum atomic E-state index is -0.350. The third kappa shape index (κ3) is 7.35. The maximum atomic E-state index is 12.9. The molecule has 0 aliphatic rings. The zero-order valence-corrected chi connectivity index (χ0v) is 17.9. The molecule has 0 atom stereocenters. The van der Waals surface area contributed by atoms with E-state index in [0.29, 0.717) is 21.5 Å². The molecule has 3 aromatic rings. The van der Waals surface area contributed by atoms with E-state index in [1.165, 1.54) is 18.3 Å². The molecular weight excluding hydrogens is 465 g/mol. The SMILES string of the molecule is O=C(Cc1ccc(F)cc1)N/N=C/c1ccc(OCC(=O)Nc2ccccc2)c(Br)c1. The number of nitrogens with one attached hydrogen (secondary N) is 2. The van der Waals surface area contributed by atoms with Crippen molar-refractivity contribution >= 4 is 39.6 Å². The van der Waals surface area contributed by atoms with Crippen LogP contribution in [-0.4, -0.2) is 24.6 Å². The first-order valence-corrected chi connectivity index (χ1v) is 10.1. The van der Waals surface area contributed by atoms with E-state index in [9.17, 15) is 14.0 Å². The van der Waals surface area contributed by atoms with Crippen LogP contribution in [0.2, 0.25) is 0 Å². The van der Waals surface area contributed by atoms with Gasteiger partial charge in [0.25, 0.3) is 5.91 Å². The molecule has 2 amide bonds. The van der Waals surface area contributed by atoms with Crippen LogP contribution in [0.25, 0.3) is 0 Å². The highest BCUT2D eigenvalue weighted by atomic mass is 79.9. The molecule has 3 rings (SSSR count). The highest BCUT2D eigenvalue weighted by Gasteiger charge is 2.07. The van der Waals surface area contributed by atoms with Crippen molar-refractivity contribution in [2.45, 2.75) is 6.42 Å². The Hall–Kier alpha value is -3.52. The van der Waals surface area contributed by atoms with E-state index in [-0.39, 0.29) is 30.7 Å². The molecule has 2 N–H and O–H groups in total. The number of rotatable bonds is 8. The van der Waals surface area contributed by atoms with Gasteiger partial charge in [-0.25, -0.2) is 9.82 Å². The van der Waals surface area contributed by atoms with Gasteiger partial charge in [-0.2, -0.15) is 5.10 Å². The number of carbonyl (C=O) groups is 2. The highest BCUT2D eigenvalue weighted by molar-refractivity contribution is 9.10. The summed E-state index contributed by atoms with van der Waals surface area (Å²) in [7, 11) is 0. The van der Waals surface area contributed by atoms with Crippen molar-refractivity contribution in [3.8, 4) is 5.75 Å². The van der Waals surface area contributed by atoms with Crippen LogP contribution in [0.3, 0.4) is 0 Å². The number of ether oxygens (including phenoxy) is 1. The normalized spacial score (nSPS) is 10.6. The summed E-state index contributed by atoms with van der Waals surface area (Å²) >= 11 is 3.40. The van der Waals surface area contributed by atoms with Crippen molar-refractivity contribution in [3.63, 3.8) is 0 Å². The van der Waals surface area contributed by atoms with Gasteiger partial charge in [-0.3, -0.25) is 9.59 Å². The predicted molar refractivity (Wildman–Crippen MR) is 121 cm³/mol. The molecule has 158 valence electrons. The van der Waals surface area contributed by atoms with Crippen LogP contribution in [0.1, 0.15) is 11.1 Å². The van der Waals surface area contributed by atoms with Crippen LogP contribution in [0.15, 0.2) is 82.4 Å². The fourth-order valence-corrected chi connectivity index (χ4v) is 3.09. The molecule has 0 spiro atoms. The minimum absolute atomic E-state index is 0.0964. The maximum Gasteiger partial charge on any atom is 0.262 e. The van der Waals surface area contributed by atoms with Crippen molar-refractivity contribution < 1.29 is 18.7 Å². The predicted octanol–water partition coefficient (Wildman–Crippen LogP) is 4.30. The average molecular weight is 484 g/mol. The van der Waals surface area contributed by atoms with Crippen LogP contribution < -0.4 is 15.5 Å². The number of carbonyl (C=O) groups excluding carboxylic acids is 2. The largest absolute Gasteiger partial charge is 0.483 e. The number of para-hydroxylation sites is 1. The monoisotopic (exact) mass is 483 g/mol. The van der Waals surface area contributed by atoms with Crippen molar-refractivity contribution in [2.75, 3.05) is 11.9 Å². The molecule has 0 bridgehead atoms. The zero-order valence-electron chi connectivity index (χ0n) is 16.3. The van der Waals surface area contributed by atoms with E-state index in [1.54, 1.807) is 42.5 Å². The Morgan fingerprint density at radius 2 is 1.74 bits per heavy atom. The molecule has 0 fully saturated rings. The van der Waals surface area contributed by atoms with Crippen LogP contribution in [0.4, 0.5) is 10.1 Å². The summed E-state index contributed by atoms with van der Waals surface area (Å²) < 4.78 is 19.1. The molecule has 0 heterocycles. The lowest BCUT2D eigenvalue weighted by Crippen LogP contribution is -2.20. The summed E-state index contributed by atoms with van der Waals surface area (Å²) in [6.45, 7) is -0.139. The topological polar surface area (TPSA) is 79.8 Å². The molecule has 0 saturated carbocycles. The molecule has 8 heteroatoms. The van der Waals surface area contributed by atoms with Gasteiger partial charge in [0.15, 0.2) is 6.61 Å². The lowest BCUT2D eigenvalue weighted by atomic mass is 10.1. The standard InChI is InChI=1S/C23H19BrFN3O3/c24-20-12-17(14-26-28-22(29)13-16-6-9-18(25)10-7-16)8-11-21(20)31-15-23(30)27-19-4-2-1-3-5-19/h1-12,14H,13,15H2,(H,27,30)(H,28,29)/b26-14+. The molecule has 31 heavy (non-hydrogen) atoms. The Balaban J connectivity index is 1.47. The molecule has 0 aliphatic heterocycles. The second-order valence-corrected chi connectivity index (χ2v) is 7.34. The van der Waals surface area contributed by atoms with E-state index in [2.05, 4.69) is 31.8 Å².